The first-order valence-electron chi connectivity index (χ1n) is 8.55. The van der Waals surface area contributed by atoms with E-state index >= 15 is 0 Å². The highest BCUT2D eigenvalue weighted by Gasteiger charge is 2.33. The van der Waals surface area contributed by atoms with Gasteiger partial charge in [-0.3, -0.25) is 4.98 Å². The lowest BCUT2D eigenvalue weighted by atomic mass is 10.1. The van der Waals surface area contributed by atoms with Crippen LogP contribution in [0.5, 0.6) is 0 Å². The van der Waals surface area contributed by atoms with Crippen LogP contribution in [0.3, 0.4) is 0 Å². The molecule has 0 aliphatic rings. The summed E-state index contributed by atoms with van der Waals surface area (Å²) in [7, 11) is 0. The van der Waals surface area contributed by atoms with E-state index in [-0.39, 0.29) is 24.1 Å². The third-order valence-electron chi connectivity index (χ3n) is 3.82. The van der Waals surface area contributed by atoms with Gasteiger partial charge in [-0.05, 0) is 30.7 Å². The van der Waals surface area contributed by atoms with Crippen molar-refractivity contribution in [2.75, 3.05) is 23.8 Å². The van der Waals surface area contributed by atoms with Crippen molar-refractivity contribution in [2.24, 2.45) is 0 Å². The van der Waals surface area contributed by atoms with Gasteiger partial charge in [-0.2, -0.15) is 18.2 Å². The van der Waals surface area contributed by atoms with Gasteiger partial charge < -0.3 is 15.7 Å². The molecule has 2 heterocycles. The zero-order valence-electron chi connectivity index (χ0n) is 14.7. The quantitative estimate of drug-likeness (QED) is 0.528. The highest BCUT2D eigenvalue weighted by atomic mass is 19.4. The summed E-state index contributed by atoms with van der Waals surface area (Å²) in [6.45, 7) is 0.427. The Hall–Kier alpha value is -3.20. The normalized spacial score (nSPS) is 11.3. The Balaban J connectivity index is 1.97. The van der Waals surface area contributed by atoms with Gasteiger partial charge in [0.1, 0.15) is 5.82 Å². The Kier molecular flexibility index (Phi) is 6.05. The predicted molar refractivity (Wildman–Crippen MR) is 100 cm³/mol. The lowest BCUT2D eigenvalue weighted by Crippen LogP contribution is -2.11. The highest BCUT2D eigenvalue weighted by Crippen LogP contribution is 2.36. The number of rotatable bonds is 7. The molecule has 28 heavy (non-hydrogen) atoms. The Morgan fingerprint density at radius 2 is 1.75 bits per heavy atom. The molecule has 0 atom stereocenters. The first-order chi connectivity index (χ1) is 13.5. The van der Waals surface area contributed by atoms with Crippen molar-refractivity contribution in [3.8, 4) is 11.3 Å². The molecule has 0 amide bonds. The lowest BCUT2D eigenvalue weighted by Gasteiger charge is -2.15. The van der Waals surface area contributed by atoms with Crippen molar-refractivity contribution in [3.05, 3.63) is 60.4 Å². The second-order valence-corrected chi connectivity index (χ2v) is 5.87. The Morgan fingerprint density at radius 1 is 1.00 bits per heavy atom. The summed E-state index contributed by atoms with van der Waals surface area (Å²) in [4.78, 5) is 12.6. The van der Waals surface area contributed by atoms with E-state index in [1.165, 1.54) is 18.2 Å². The van der Waals surface area contributed by atoms with Crippen LogP contribution < -0.4 is 10.6 Å². The van der Waals surface area contributed by atoms with Gasteiger partial charge in [-0.15, -0.1) is 0 Å². The number of pyridine rings is 1. The minimum absolute atomic E-state index is 0.00110. The van der Waals surface area contributed by atoms with Gasteiger partial charge >= 0.3 is 6.18 Å². The summed E-state index contributed by atoms with van der Waals surface area (Å²) in [6, 6.07) is 10.3. The first-order valence-corrected chi connectivity index (χ1v) is 8.55. The summed E-state index contributed by atoms with van der Waals surface area (Å²) in [5, 5.41) is 14.6. The molecular formula is C19H18F3N5O. The van der Waals surface area contributed by atoms with E-state index in [0.29, 0.717) is 18.7 Å². The molecule has 6 nitrogen and oxygen atoms in total. The van der Waals surface area contributed by atoms with E-state index in [0.717, 1.165) is 11.6 Å². The first kappa shape index (κ1) is 19.6. The summed E-state index contributed by atoms with van der Waals surface area (Å²) in [5.41, 5.74) is 0.384. The number of anilines is 3. The van der Waals surface area contributed by atoms with Gasteiger partial charge in [0, 0.05) is 37.2 Å². The number of aliphatic hydroxyl groups excluding tert-OH is 1. The summed E-state index contributed by atoms with van der Waals surface area (Å²) < 4.78 is 39.8. The van der Waals surface area contributed by atoms with Crippen LogP contribution in [-0.2, 0) is 6.18 Å². The van der Waals surface area contributed by atoms with Crippen LogP contribution >= 0.6 is 0 Å². The Bertz CT molecular complexity index is 919. The van der Waals surface area contributed by atoms with Crippen molar-refractivity contribution in [3.63, 3.8) is 0 Å². The molecule has 0 aliphatic heterocycles. The monoisotopic (exact) mass is 389 g/mol. The van der Waals surface area contributed by atoms with Crippen LogP contribution in [-0.4, -0.2) is 33.2 Å². The molecule has 3 aromatic rings. The van der Waals surface area contributed by atoms with Gasteiger partial charge in [0.25, 0.3) is 0 Å². The van der Waals surface area contributed by atoms with Crippen molar-refractivity contribution in [2.45, 2.75) is 12.6 Å². The minimum Gasteiger partial charge on any atom is -0.396 e. The number of hydrogen-bond acceptors (Lipinski definition) is 6. The molecule has 2 aromatic heterocycles. The standard InChI is InChI=1S/C19H18F3N5O/c20-19(21,22)14-4-1-2-5-15(14)25-17-12-16(13-6-9-23-10-7-13)26-18(27-17)24-8-3-11-28/h1-2,4-7,9-10,12,28H,3,8,11H2,(H2,24,25,26,27). The molecule has 0 saturated heterocycles. The van der Waals surface area contributed by atoms with Gasteiger partial charge in [0.15, 0.2) is 0 Å². The number of alkyl halides is 3. The highest BCUT2D eigenvalue weighted by molar-refractivity contribution is 5.68. The van der Waals surface area contributed by atoms with E-state index in [1.807, 2.05) is 0 Å². The molecule has 3 rings (SSSR count). The van der Waals surface area contributed by atoms with Crippen molar-refractivity contribution < 1.29 is 18.3 Å². The van der Waals surface area contributed by atoms with Gasteiger partial charge in [0.2, 0.25) is 5.95 Å². The molecule has 0 saturated carbocycles. The largest absolute Gasteiger partial charge is 0.418 e. The Labute approximate surface area is 159 Å². The Morgan fingerprint density at radius 3 is 2.46 bits per heavy atom. The van der Waals surface area contributed by atoms with Crippen LogP contribution in [0.2, 0.25) is 0 Å². The summed E-state index contributed by atoms with van der Waals surface area (Å²) >= 11 is 0. The zero-order valence-corrected chi connectivity index (χ0v) is 14.7. The van der Waals surface area contributed by atoms with Crippen molar-refractivity contribution >= 4 is 17.5 Å². The SMILES string of the molecule is OCCCNc1nc(Nc2ccccc2C(F)(F)F)cc(-c2ccncc2)n1. The third kappa shape index (κ3) is 4.95. The topological polar surface area (TPSA) is 83.0 Å². The molecule has 0 bridgehead atoms. The number of aliphatic hydroxyl groups is 1. The van der Waals surface area contributed by atoms with E-state index in [4.69, 9.17) is 5.11 Å². The molecule has 1 aromatic carbocycles. The fourth-order valence-corrected chi connectivity index (χ4v) is 2.52. The van der Waals surface area contributed by atoms with Crippen LogP contribution in [0.1, 0.15) is 12.0 Å². The molecule has 0 aliphatic carbocycles. The van der Waals surface area contributed by atoms with Gasteiger partial charge in [-0.25, -0.2) is 4.98 Å². The number of halogens is 3. The summed E-state index contributed by atoms with van der Waals surface area (Å²) in [5.74, 6) is 0.458. The van der Waals surface area contributed by atoms with Gasteiger partial charge in [0.05, 0.1) is 16.9 Å². The molecule has 0 fully saturated rings. The van der Waals surface area contributed by atoms with Gasteiger partial charge in [-0.1, -0.05) is 12.1 Å². The second kappa shape index (κ2) is 8.66. The lowest BCUT2D eigenvalue weighted by molar-refractivity contribution is -0.136. The van der Waals surface area contributed by atoms with Crippen LogP contribution in [0, 0.1) is 0 Å². The number of hydrogen-bond donors (Lipinski definition) is 3. The molecule has 0 radical (unpaired) electrons. The van der Waals surface area contributed by atoms with E-state index in [9.17, 15) is 13.2 Å². The zero-order chi connectivity index (χ0) is 20.0. The number of para-hydroxylation sites is 1. The second-order valence-electron chi connectivity index (χ2n) is 5.87. The molecule has 146 valence electrons. The smallest absolute Gasteiger partial charge is 0.396 e. The van der Waals surface area contributed by atoms with Crippen LogP contribution in [0.25, 0.3) is 11.3 Å². The fraction of sp³-hybridized carbons (Fsp3) is 0.211. The van der Waals surface area contributed by atoms with E-state index in [1.54, 1.807) is 30.6 Å². The van der Waals surface area contributed by atoms with E-state index < -0.39 is 11.7 Å². The van der Waals surface area contributed by atoms with E-state index in [2.05, 4.69) is 25.6 Å². The van der Waals surface area contributed by atoms with Crippen LogP contribution in [0.15, 0.2) is 54.9 Å². The average Bonchev–Trinajstić information content (AvgIpc) is 2.68. The molecule has 0 unspecified atom stereocenters. The number of nitrogens with one attached hydrogen (secondary N) is 2. The van der Waals surface area contributed by atoms with Crippen LogP contribution in [0.4, 0.5) is 30.6 Å². The number of benzene rings is 1. The number of aromatic nitrogens is 3. The summed E-state index contributed by atoms with van der Waals surface area (Å²) in [6.07, 6.45) is -0.806. The molecular weight excluding hydrogens is 371 g/mol. The molecule has 0 spiro atoms. The minimum atomic E-state index is -4.49. The van der Waals surface area contributed by atoms with Crippen molar-refractivity contribution in [1.29, 1.82) is 0 Å². The predicted octanol–water partition coefficient (Wildman–Crippen LogP) is 4.10. The maximum atomic E-state index is 13.3. The third-order valence-corrected chi connectivity index (χ3v) is 3.82. The maximum absolute atomic E-state index is 13.3. The maximum Gasteiger partial charge on any atom is 0.418 e. The number of nitrogens with zero attached hydrogens (tertiary/aromatic N) is 3. The fourth-order valence-electron chi connectivity index (χ4n) is 2.52. The average molecular weight is 389 g/mol. The molecule has 9 heteroatoms. The van der Waals surface area contributed by atoms with Crippen molar-refractivity contribution in [1.82, 2.24) is 15.0 Å². The molecule has 3 N–H and O–H groups in total.